The zero-order chi connectivity index (χ0) is 30.1. The van der Waals surface area contributed by atoms with Crippen LogP contribution in [-0.2, 0) is 14.3 Å². The maximum absolute atomic E-state index is 13.5. The molecule has 4 fully saturated rings. The second kappa shape index (κ2) is 12.2. The topological polar surface area (TPSA) is 132 Å². The Morgan fingerprint density at radius 3 is 2.20 bits per heavy atom. The van der Waals surface area contributed by atoms with Crippen LogP contribution in [0.15, 0.2) is 12.3 Å². The van der Waals surface area contributed by atoms with Crippen molar-refractivity contribution in [2.45, 2.75) is 98.3 Å². The second-order valence-corrected chi connectivity index (χ2v) is 14.3. The highest BCUT2D eigenvalue weighted by atomic mass is 16.5. The van der Waals surface area contributed by atoms with E-state index in [1.54, 1.807) is 26.1 Å². The number of amides is 2. The average Bonchev–Trinajstić information content (AvgIpc) is 3.27. The van der Waals surface area contributed by atoms with Crippen LogP contribution in [0.25, 0.3) is 6.20 Å². The molecule has 2 amide bonds. The molecule has 4 saturated carbocycles. The fourth-order valence-corrected chi connectivity index (χ4v) is 6.58. The van der Waals surface area contributed by atoms with Crippen molar-refractivity contribution in [2.75, 3.05) is 13.2 Å². The number of hydrogen-bond acceptors (Lipinski definition) is 6. The third-order valence-corrected chi connectivity index (χ3v) is 8.58. The van der Waals surface area contributed by atoms with Gasteiger partial charge in [-0.1, -0.05) is 19.9 Å². The summed E-state index contributed by atoms with van der Waals surface area (Å²) >= 11 is 0. The first kappa shape index (κ1) is 31.1. The highest BCUT2D eigenvalue weighted by Gasteiger charge is 2.48. The first-order valence-electron chi connectivity index (χ1n) is 15.0. The Balaban J connectivity index is 1.47. The van der Waals surface area contributed by atoms with Gasteiger partial charge in [-0.05, 0) is 96.3 Å². The molecule has 4 aliphatic carbocycles. The van der Waals surface area contributed by atoms with Crippen molar-refractivity contribution >= 4 is 24.0 Å². The Morgan fingerprint density at radius 2 is 1.66 bits per heavy atom. The lowest BCUT2D eigenvalue weighted by Gasteiger charge is -2.54. The Bertz CT molecular complexity index is 1120. The number of nitrogens with one attached hydrogen (secondary N) is 2. The average molecular weight is 573 g/mol. The van der Waals surface area contributed by atoms with Crippen LogP contribution in [-0.4, -0.2) is 63.6 Å². The van der Waals surface area contributed by atoms with Crippen molar-refractivity contribution in [3.8, 4) is 5.88 Å². The summed E-state index contributed by atoms with van der Waals surface area (Å²) in [6.07, 6.45) is 10.9. The van der Waals surface area contributed by atoms with E-state index in [0.29, 0.717) is 29.9 Å². The van der Waals surface area contributed by atoms with Crippen LogP contribution < -0.4 is 15.4 Å². The summed E-state index contributed by atoms with van der Waals surface area (Å²) in [5, 5.41) is 19.9. The molecule has 3 N–H and O–H groups in total. The molecule has 0 unspecified atom stereocenters. The van der Waals surface area contributed by atoms with E-state index >= 15 is 0 Å². The summed E-state index contributed by atoms with van der Waals surface area (Å²) < 4.78 is 13.1. The largest absolute Gasteiger partial charge is 0.480 e. The van der Waals surface area contributed by atoms with Gasteiger partial charge in [-0.25, -0.2) is 9.48 Å². The molecule has 0 radical (unpaired) electrons. The van der Waals surface area contributed by atoms with E-state index in [-0.39, 0.29) is 24.5 Å². The van der Waals surface area contributed by atoms with Crippen LogP contribution in [0.2, 0.25) is 0 Å². The molecule has 10 nitrogen and oxygen atoms in total. The fourth-order valence-electron chi connectivity index (χ4n) is 6.58. The van der Waals surface area contributed by atoms with Crippen molar-refractivity contribution in [3.63, 3.8) is 0 Å². The predicted octanol–water partition coefficient (Wildman–Crippen LogP) is 4.35. The Hall–Kier alpha value is -2.88. The number of hydrogen-bond donors (Lipinski definition) is 3. The maximum Gasteiger partial charge on any atom is 0.328 e. The lowest BCUT2D eigenvalue weighted by atomic mass is 9.54. The van der Waals surface area contributed by atoms with Crippen LogP contribution in [0.4, 0.5) is 0 Å². The van der Waals surface area contributed by atoms with Crippen molar-refractivity contribution < 1.29 is 29.0 Å². The molecular weight excluding hydrogens is 524 g/mol. The number of carboxylic acids is 1. The van der Waals surface area contributed by atoms with Gasteiger partial charge >= 0.3 is 5.97 Å². The van der Waals surface area contributed by atoms with Gasteiger partial charge in [-0.3, -0.25) is 9.59 Å². The Morgan fingerprint density at radius 1 is 1.05 bits per heavy atom. The van der Waals surface area contributed by atoms with Crippen LogP contribution in [0, 0.1) is 35.0 Å². The Labute approximate surface area is 243 Å². The molecule has 1 aromatic rings. The first-order chi connectivity index (χ1) is 19.1. The second-order valence-electron chi connectivity index (χ2n) is 14.3. The summed E-state index contributed by atoms with van der Waals surface area (Å²) in [5.74, 6) is 1.47. The lowest BCUT2D eigenvalue weighted by Crippen LogP contribution is -2.55. The van der Waals surface area contributed by atoms with Gasteiger partial charge in [0.05, 0.1) is 30.4 Å². The fraction of sp³-hybridized carbons (Fsp3) is 0.742. The minimum atomic E-state index is -1.19. The molecule has 10 heteroatoms. The maximum atomic E-state index is 13.5. The molecule has 41 heavy (non-hydrogen) atoms. The van der Waals surface area contributed by atoms with E-state index in [9.17, 15) is 19.5 Å². The van der Waals surface area contributed by atoms with E-state index in [0.717, 1.165) is 11.8 Å². The third-order valence-electron chi connectivity index (χ3n) is 8.58. The van der Waals surface area contributed by atoms with Crippen LogP contribution in [0.5, 0.6) is 5.88 Å². The zero-order valence-electron chi connectivity index (χ0n) is 25.6. The highest BCUT2D eigenvalue weighted by molar-refractivity contribution is 5.96. The minimum Gasteiger partial charge on any atom is -0.480 e. The molecule has 228 valence electrons. The van der Waals surface area contributed by atoms with Gasteiger partial charge in [0.1, 0.15) is 5.56 Å². The molecule has 1 atom stereocenters. The van der Waals surface area contributed by atoms with E-state index < -0.39 is 28.9 Å². The van der Waals surface area contributed by atoms with Gasteiger partial charge in [-0.15, -0.1) is 0 Å². The molecule has 0 spiro atoms. The molecule has 0 aliphatic heterocycles. The summed E-state index contributed by atoms with van der Waals surface area (Å²) in [4.78, 5) is 38.4. The summed E-state index contributed by atoms with van der Waals surface area (Å²) in [7, 11) is 0. The molecule has 0 aromatic carbocycles. The Kier molecular flexibility index (Phi) is 9.21. The van der Waals surface area contributed by atoms with Gasteiger partial charge in [0, 0.05) is 12.2 Å². The predicted molar refractivity (Wildman–Crippen MR) is 155 cm³/mol. The quantitative estimate of drug-likeness (QED) is 0.339. The summed E-state index contributed by atoms with van der Waals surface area (Å²) in [5.41, 5.74) is -1.25. The smallest absolute Gasteiger partial charge is 0.328 e. The normalized spacial score (nSPS) is 26.4. The molecule has 0 saturated heterocycles. The van der Waals surface area contributed by atoms with Crippen molar-refractivity contribution in [2.24, 2.45) is 35.0 Å². The third kappa shape index (κ3) is 7.70. The first-order valence-corrected chi connectivity index (χ1v) is 15.0. The van der Waals surface area contributed by atoms with Gasteiger partial charge < -0.3 is 25.2 Å². The number of aromatic nitrogens is 2. The van der Waals surface area contributed by atoms with Crippen molar-refractivity contribution in [3.05, 3.63) is 17.8 Å². The number of rotatable bonds is 12. The van der Waals surface area contributed by atoms with Gasteiger partial charge in [0.2, 0.25) is 11.8 Å². The van der Waals surface area contributed by atoms with E-state index in [1.165, 1.54) is 43.0 Å². The standard InChI is InChI=1S/C31H48N4O6/c1-18(2)16-40-27-23(26(36)34-25-21-11-19-10-20(13-21)14-22(25)12-19)15-32-35(27)9-8-31(6,7)29(39)33-24(28(37)38)17-41-30(3,4)5/h8-9,15,18-22,24-25H,10-14,16-17H2,1-7H3,(H,33,39)(H,34,36)(H,37,38)/t19?,20?,21?,22?,24-,25?/m0/s1. The molecule has 4 aliphatic rings. The lowest BCUT2D eigenvalue weighted by molar-refractivity contribution is -0.146. The van der Waals surface area contributed by atoms with Gasteiger partial charge in [0.25, 0.3) is 5.91 Å². The number of carbonyl (C=O) groups excluding carboxylic acids is 2. The number of carbonyl (C=O) groups is 3. The van der Waals surface area contributed by atoms with E-state index in [2.05, 4.69) is 15.7 Å². The SMILES string of the molecule is CC(C)COc1c(C(=O)NC2C3CC4CC(C3)CC2C4)cnn1C=CC(C)(C)C(=O)N[C@@H](COC(C)(C)C)C(=O)O. The van der Waals surface area contributed by atoms with Gasteiger partial charge in [-0.2, -0.15) is 5.10 Å². The molecule has 1 heterocycles. The molecule has 1 aromatic heterocycles. The van der Waals surface area contributed by atoms with Crippen LogP contribution >= 0.6 is 0 Å². The molecular formula is C31H48N4O6. The molecule has 5 rings (SSSR count). The van der Waals surface area contributed by atoms with Crippen LogP contribution in [0.3, 0.4) is 0 Å². The van der Waals surface area contributed by atoms with E-state index in [4.69, 9.17) is 9.47 Å². The number of aliphatic carboxylic acids is 1. The monoisotopic (exact) mass is 572 g/mol. The van der Waals surface area contributed by atoms with Crippen molar-refractivity contribution in [1.29, 1.82) is 0 Å². The van der Waals surface area contributed by atoms with E-state index in [1.807, 2.05) is 34.6 Å². The number of nitrogens with zero attached hydrogens (tertiary/aromatic N) is 2. The van der Waals surface area contributed by atoms with Crippen LogP contribution in [0.1, 0.15) is 90.9 Å². The molecule has 4 bridgehead atoms. The zero-order valence-corrected chi connectivity index (χ0v) is 25.6. The highest BCUT2D eigenvalue weighted by Crippen LogP contribution is 2.53. The van der Waals surface area contributed by atoms with Gasteiger partial charge in [0.15, 0.2) is 6.04 Å². The summed E-state index contributed by atoms with van der Waals surface area (Å²) in [6, 6.07) is -0.997. The summed E-state index contributed by atoms with van der Waals surface area (Å²) in [6.45, 7) is 13.1. The number of ether oxygens (including phenoxy) is 2. The minimum absolute atomic E-state index is 0.154. The number of carboxylic acid groups (broad SMARTS) is 1. The van der Waals surface area contributed by atoms with Crippen molar-refractivity contribution in [1.82, 2.24) is 20.4 Å².